The van der Waals surface area contributed by atoms with Crippen LogP contribution in [0.25, 0.3) is 0 Å². The number of hydrogen-bond donors (Lipinski definition) is 1. The molecular weight excluding hydrogens is 244 g/mol. The number of benzene rings is 1. The van der Waals surface area contributed by atoms with Crippen molar-refractivity contribution in [3.8, 4) is 0 Å². The maximum absolute atomic E-state index is 5.73. The molecule has 2 heteroatoms. The van der Waals surface area contributed by atoms with Crippen LogP contribution in [-0.4, -0.2) is 24.0 Å². The quantitative estimate of drug-likeness (QED) is 0.857. The molecule has 1 saturated carbocycles. The maximum Gasteiger partial charge on any atom is 0.0236 e. The van der Waals surface area contributed by atoms with Gasteiger partial charge in [-0.25, -0.2) is 0 Å². The number of nitrogens with two attached hydrogens (primary N) is 1. The molecular formula is C18H30N2. The van der Waals surface area contributed by atoms with E-state index >= 15 is 0 Å². The Bertz CT molecular complexity index is 399. The fourth-order valence-electron chi connectivity index (χ4n) is 3.82. The maximum atomic E-state index is 5.73. The predicted molar refractivity (Wildman–Crippen MR) is 86.5 cm³/mol. The number of rotatable bonds is 6. The standard InChI is InChI=1S/C18H30N2/c1-15-12-18(2,3)13-17(15)20(11-7-10-19)14-16-8-5-4-6-9-16/h4-6,8-9,15,17H,7,10-14,19H2,1-3H3. The van der Waals surface area contributed by atoms with Crippen molar-refractivity contribution in [3.63, 3.8) is 0 Å². The van der Waals surface area contributed by atoms with E-state index < -0.39 is 0 Å². The largest absolute Gasteiger partial charge is 0.330 e. The highest BCUT2D eigenvalue weighted by atomic mass is 15.2. The van der Waals surface area contributed by atoms with Crippen LogP contribution in [0.3, 0.4) is 0 Å². The zero-order valence-corrected chi connectivity index (χ0v) is 13.3. The summed E-state index contributed by atoms with van der Waals surface area (Å²) in [6, 6.07) is 11.5. The molecule has 1 aliphatic rings. The minimum absolute atomic E-state index is 0.488. The predicted octanol–water partition coefficient (Wildman–Crippen LogP) is 3.66. The zero-order chi connectivity index (χ0) is 14.6. The van der Waals surface area contributed by atoms with Crippen LogP contribution < -0.4 is 5.73 Å². The van der Waals surface area contributed by atoms with E-state index in [-0.39, 0.29) is 0 Å². The molecule has 1 fully saturated rings. The first kappa shape index (κ1) is 15.5. The summed E-state index contributed by atoms with van der Waals surface area (Å²) in [7, 11) is 0. The van der Waals surface area contributed by atoms with Crippen molar-refractivity contribution in [2.75, 3.05) is 13.1 Å². The highest BCUT2D eigenvalue weighted by Gasteiger charge is 2.39. The van der Waals surface area contributed by atoms with E-state index in [2.05, 4.69) is 56.0 Å². The molecule has 0 saturated heterocycles. The lowest BCUT2D eigenvalue weighted by Crippen LogP contribution is -2.38. The lowest BCUT2D eigenvalue weighted by Gasteiger charge is -2.32. The van der Waals surface area contributed by atoms with E-state index in [1.807, 2.05) is 0 Å². The van der Waals surface area contributed by atoms with E-state index in [1.165, 1.54) is 18.4 Å². The summed E-state index contributed by atoms with van der Waals surface area (Å²) in [4.78, 5) is 2.67. The Morgan fingerprint density at radius 3 is 2.45 bits per heavy atom. The van der Waals surface area contributed by atoms with E-state index in [4.69, 9.17) is 5.73 Å². The van der Waals surface area contributed by atoms with Gasteiger partial charge in [0, 0.05) is 12.6 Å². The van der Waals surface area contributed by atoms with Crippen LogP contribution >= 0.6 is 0 Å². The molecule has 20 heavy (non-hydrogen) atoms. The molecule has 1 aromatic rings. The first-order valence-electron chi connectivity index (χ1n) is 8.00. The summed E-state index contributed by atoms with van der Waals surface area (Å²) in [5.41, 5.74) is 7.64. The van der Waals surface area contributed by atoms with E-state index in [9.17, 15) is 0 Å². The Balaban J connectivity index is 2.07. The highest BCUT2D eigenvalue weighted by Crippen LogP contribution is 2.43. The molecule has 2 nitrogen and oxygen atoms in total. The van der Waals surface area contributed by atoms with E-state index in [0.29, 0.717) is 11.5 Å². The summed E-state index contributed by atoms with van der Waals surface area (Å²) in [5.74, 6) is 0.784. The van der Waals surface area contributed by atoms with Crippen molar-refractivity contribution in [3.05, 3.63) is 35.9 Å². The van der Waals surface area contributed by atoms with Gasteiger partial charge in [-0.15, -0.1) is 0 Å². The monoisotopic (exact) mass is 274 g/mol. The summed E-state index contributed by atoms with van der Waals surface area (Å²) in [5, 5.41) is 0. The molecule has 112 valence electrons. The second kappa shape index (κ2) is 6.73. The van der Waals surface area contributed by atoms with Crippen LogP contribution in [0, 0.1) is 11.3 Å². The Morgan fingerprint density at radius 2 is 1.90 bits per heavy atom. The molecule has 1 aliphatic carbocycles. The molecule has 0 radical (unpaired) electrons. The van der Waals surface area contributed by atoms with Crippen molar-refractivity contribution in [2.24, 2.45) is 17.1 Å². The summed E-state index contributed by atoms with van der Waals surface area (Å²) >= 11 is 0. The minimum atomic E-state index is 0.488. The first-order chi connectivity index (χ1) is 9.52. The highest BCUT2D eigenvalue weighted by molar-refractivity contribution is 5.14. The second-order valence-corrected chi connectivity index (χ2v) is 7.22. The molecule has 0 aliphatic heterocycles. The smallest absolute Gasteiger partial charge is 0.0236 e. The van der Waals surface area contributed by atoms with Gasteiger partial charge in [0.15, 0.2) is 0 Å². The summed E-state index contributed by atoms with van der Waals surface area (Å²) in [6.07, 6.45) is 3.74. The molecule has 2 rings (SSSR count). The molecule has 2 atom stereocenters. The fourth-order valence-corrected chi connectivity index (χ4v) is 3.82. The van der Waals surface area contributed by atoms with Gasteiger partial charge in [0.1, 0.15) is 0 Å². The minimum Gasteiger partial charge on any atom is -0.330 e. The SMILES string of the molecule is CC1CC(C)(C)CC1N(CCCN)Cc1ccccc1. The molecule has 1 aromatic carbocycles. The van der Waals surface area contributed by atoms with Gasteiger partial charge in [-0.3, -0.25) is 4.90 Å². The van der Waals surface area contributed by atoms with Crippen molar-refractivity contribution in [1.82, 2.24) is 4.90 Å². The average molecular weight is 274 g/mol. The van der Waals surface area contributed by atoms with Gasteiger partial charge >= 0.3 is 0 Å². The third kappa shape index (κ3) is 4.07. The Morgan fingerprint density at radius 1 is 1.20 bits per heavy atom. The number of hydrogen-bond acceptors (Lipinski definition) is 2. The van der Waals surface area contributed by atoms with Gasteiger partial charge in [-0.2, -0.15) is 0 Å². The third-order valence-corrected chi connectivity index (χ3v) is 4.64. The van der Waals surface area contributed by atoms with Gasteiger partial charge < -0.3 is 5.73 Å². The lowest BCUT2D eigenvalue weighted by atomic mass is 9.91. The van der Waals surface area contributed by atoms with Crippen molar-refractivity contribution < 1.29 is 0 Å². The first-order valence-corrected chi connectivity index (χ1v) is 8.00. The van der Waals surface area contributed by atoms with Crippen molar-refractivity contribution in [2.45, 2.75) is 52.6 Å². The second-order valence-electron chi connectivity index (χ2n) is 7.22. The van der Waals surface area contributed by atoms with Gasteiger partial charge in [0.2, 0.25) is 0 Å². The van der Waals surface area contributed by atoms with Crippen LogP contribution in [0.1, 0.15) is 45.6 Å². The number of nitrogens with zero attached hydrogens (tertiary/aromatic N) is 1. The van der Waals surface area contributed by atoms with Crippen molar-refractivity contribution >= 4 is 0 Å². The van der Waals surface area contributed by atoms with Gasteiger partial charge in [-0.05, 0) is 49.2 Å². The van der Waals surface area contributed by atoms with Crippen LogP contribution in [0.15, 0.2) is 30.3 Å². The van der Waals surface area contributed by atoms with Crippen LogP contribution in [0.5, 0.6) is 0 Å². The molecule has 0 amide bonds. The Kier molecular flexibility index (Phi) is 5.22. The molecule has 0 spiro atoms. The Hall–Kier alpha value is -0.860. The van der Waals surface area contributed by atoms with Gasteiger partial charge in [-0.1, -0.05) is 51.1 Å². The molecule has 0 bridgehead atoms. The molecule has 2 N–H and O–H groups in total. The van der Waals surface area contributed by atoms with Crippen molar-refractivity contribution in [1.29, 1.82) is 0 Å². The molecule has 0 aromatic heterocycles. The third-order valence-electron chi connectivity index (χ3n) is 4.64. The molecule has 2 unspecified atom stereocenters. The summed E-state index contributed by atoms with van der Waals surface area (Å²) < 4.78 is 0. The molecule has 0 heterocycles. The normalized spacial score (nSPS) is 25.2. The van der Waals surface area contributed by atoms with Crippen LogP contribution in [0.4, 0.5) is 0 Å². The Labute approximate surface area is 124 Å². The lowest BCUT2D eigenvalue weighted by molar-refractivity contribution is 0.152. The van der Waals surface area contributed by atoms with Gasteiger partial charge in [0.05, 0.1) is 0 Å². The average Bonchev–Trinajstić information content (AvgIpc) is 2.69. The fraction of sp³-hybridized carbons (Fsp3) is 0.667. The van der Waals surface area contributed by atoms with E-state index in [1.54, 1.807) is 0 Å². The van der Waals surface area contributed by atoms with Gasteiger partial charge in [0.25, 0.3) is 0 Å². The van der Waals surface area contributed by atoms with Crippen LogP contribution in [0.2, 0.25) is 0 Å². The van der Waals surface area contributed by atoms with Crippen LogP contribution in [-0.2, 0) is 6.54 Å². The zero-order valence-electron chi connectivity index (χ0n) is 13.3. The van der Waals surface area contributed by atoms with E-state index in [0.717, 1.165) is 32.0 Å². The topological polar surface area (TPSA) is 29.3 Å². The summed E-state index contributed by atoms with van der Waals surface area (Å²) in [6.45, 7) is 10.2.